The molecule has 13 aromatic rings. The Hall–Kier alpha value is -8.34. The first-order valence-electron chi connectivity index (χ1n) is 24.0. The third kappa shape index (κ3) is 6.50. The summed E-state index contributed by atoms with van der Waals surface area (Å²) in [6, 6.07) is 96.8. The monoisotopic (exact) mass is 925 g/mol. The number of fused-ring (bicyclic) bond motifs is 9. The minimum atomic E-state index is -0.465. The smallest absolute Gasteiger partial charge is 0.0713 e. The second kappa shape index (κ2) is 16.4. The Morgan fingerprint density at radius 2 is 0.686 bits per heavy atom. The fourth-order valence-corrected chi connectivity index (χ4v) is 13.5. The summed E-state index contributed by atoms with van der Waals surface area (Å²) in [6.07, 6.45) is 0. The molecule has 1 aliphatic rings. The molecule has 0 N–H and O–H groups in total. The number of hydrogen-bond donors (Lipinski definition) is 0. The van der Waals surface area contributed by atoms with Crippen molar-refractivity contribution in [2.75, 3.05) is 4.90 Å². The predicted octanol–water partition coefficient (Wildman–Crippen LogP) is 19.3. The first kappa shape index (κ1) is 40.7. The zero-order chi connectivity index (χ0) is 46.2. The number of thiophene rings is 2. The van der Waals surface area contributed by atoms with Crippen LogP contribution in [0.2, 0.25) is 0 Å². The number of anilines is 3. The molecule has 0 amide bonds. The molecule has 2 aromatic heterocycles. The molecule has 1 aliphatic carbocycles. The lowest BCUT2D eigenvalue weighted by Crippen LogP contribution is -2.28. The maximum absolute atomic E-state index is 2.43. The zero-order valence-electron chi connectivity index (χ0n) is 38.1. The van der Waals surface area contributed by atoms with Crippen LogP contribution in [-0.2, 0) is 5.41 Å². The van der Waals surface area contributed by atoms with Gasteiger partial charge in [0.15, 0.2) is 0 Å². The minimum Gasteiger partial charge on any atom is -0.310 e. The van der Waals surface area contributed by atoms with Crippen molar-refractivity contribution in [3.63, 3.8) is 0 Å². The Bertz CT molecular complexity index is 4070. The zero-order valence-corrected chi connectivity index (χ0v) is 39.7. The average molecular weight is 926 g/mol. The van der Waals surface area contributed by atoms with E-state index in [0.29, 0.717) is 0 Å². The molecule has 328 valence electrons. The Morgan fingerprint density at radius 1 is 0.257 bits per heavy atom. The van der Waals surface area contributed by atoms with E-state index >= 15 is 0 Å². The Morgan fingerprint density at radius 3 is 1.27 bits per heavy atom. The highest BCUT2D eigenvalue weighted by Crippen LogP contribution is 2.57. The van der Waals surface area contributed by atoms with Crippen molar-refractivity contribution in [3.05, 3.63) is 283 Å². The molecule has 70 heavy (non-hydrogen) atoms. The summed E-state index contributed by atoms with van der Waals surface area (Å²) in [6.45, 7) is 0. The highest BCUT2D eigenvalue weighted by atomic mass is 32.1. The van der Waals surface area contributed by atoms with E-state index in [2.05, 4.69) is 266 Å². The molecular formula is C67H43NS2. The molecule has 1 nitrogen and oxygen atoms in total. The molecule has 14 rings (SSSR count). The van der Waals surface area contributed by atoms with Crippen molar-refractivity contribution in [2.45, 2.75) is 5.41 Å². The highest BCUT2D eigenvalue weighted by Gasteiger charge is 2.46. The maximum atomic E-state index is 2.43. The molecule has 0 bridgehead atoms. The quantitative estimate of drug-likeness (QED) is 0.147. The van der Waals surface area contributed by atoms with Crippen molar-refractivity contribution in [1.29, 1.82) is 0 Å². The lowest BCUT2D eigenvalue weighted by atomic mass is 9.68. The normalized spacial score (nSPS) is 12.7. The van der Waals surface area contributed by atoms with Crippen molar-refractivity contribution in [1.82, 2.24) is 0 Å². The number of benzene rings is 11. The lowest BCUT2D eigenvalue weighted by molar-refractivity contribution is 0.768. The van der Waals surface area contributed by atoms with Gasteiger partial charge < -0.3 is 4.90 Å². The molecule has 3 heteroatoms. The summed E-state index contributed by atoms with van der Waals surface area (Å²) in [7, 11) is 0. The first-order chi connectivity index (χ1) is 34.7. The molecule has 0 saturated carbocycles. The summed E-state index contributed by atoms with van der Waals surface area (Å²) in [5.74, 6) is 0. The van der Waals surface area contributed by atoms with Crippen LogP contribution >= 0.6 is 22.7 Å². The second-order valence-electron chi connectivity index (χ2n) is 18.4. The molecule has 0 unspecified atom stereocenters. The van der Waals surface area contributed by atoms with Crippen LogP contribution in [0, 0.1) is 0 Å². The largest absolute Gasteiger partial charge is 0.310 e. The molecule has 0 spiro atoms. The summed E-state index contributed by atoms with van der Waals surface area (Å²) in [4.78, 5) is 2.42. The summed E-state index contributed by atoms with van der Waals surface area (Å²) in [5, 5.41) is 5.27. The first-order valence-corrected chi connectivity index (χ1v) is 25.6. The van der Waals surface area contributed by atoms with Crippen LogP contribution in [0.4, 0.5) is 17.1 Å². The van der Waals surface area contributed by atoms with Gasteiger partial charge in [-0.1, -0.05) is 182 Å². The van der Waals surface area contributed by atoms with Gasteiger partial charge in [-0.2, -0.15) is 0 Å². The van der Waals surface area contributed by atoms with Gasteiger partial charge in [-0.3, -0.25) is 0 Å². The van der Waals surface area contributed by atoms with Gasteiger partial charge in [0.1, 0.15) is 0 Å². The van der Waals surface area contributed by atoms with E-state index in [4.69, 9.17) is 0 Å². The second-order valence-corrected chi connectivity index (χ2v) is 20.6. The van der Waals surface area contributed by atoms with Gasteiger partial charge in [0.05, 0.1) is 5.41 Å². The Kier molecular flexibility index (Phi) is 9.55. The van der Waals surface area contributed by atoms with E-state index in [-0.39, 0.29) is 0 Å². The molecule has 0 atom stereocenters. The molecule has 11 aromatic carbocycles. The number of hydrogen-bond acceptors (Lipinski definition) is 3. The summed E-state index contributed by atoms with van der Waals surface area (Å²) < 4.78 is 5.29. The van der Waals surface area contributed by atoms with Crippen LogP contribution in [0.3, 0.4) is 0 Å². The van der Waals surface area contributed by atoms with E-state index < -0.39 is 5.41 Å². The van der Waals surface area contributed by atoms with Crippen LogP contribution in [0.25, 0.3) is 84.9 Å². The SMILES string of the molecule is c1ccc(C2(c3ccccc3)c3ccccc3-c3cc(N(c4ccc(-c5cccc(-c6ccc7sc8ccccc8c7c6)c5)cc4)c4ccc(-c5ccc6sc7ccccc7c6c5)cc4)ccc32)cc1. The highest BCUT2D eigenvalue weighted by molar-refractivity contribution is 7.26. The number of nitrogens with zero attached hydrogens (tertiary/aromatic N) is 1. The van der Waals surface area contributed by atoms with E-state index in [1.807, 2.05) is 22.7 Å². The Labute approximate surface area is 415 Å². The number of rotatable bonds is 8. The van der Waals surface area contributed by atoms with E-state index in [9.17, 15) is 0 Å². The molecule has 0 aliphatic heterocycles. The van der Waals surface area contributed by atoms with E-state index in [1.54, 1.807) is 0 Å². The summed E-state index contributed by atoms with van der Waals surface area (Å²) in [5.41, 5.74) is 17.7. The van der Waals surface area contributed by atoms with Gasteiger partial charge in [0.2, 0.25) is 0 Å². The van der Waals surface area contributed by atoms with Crippen molar-refractivity contribution >= 4 is 80.1 Å². The third-order valence-corrected chi connectivity index (χ3v) is 16.9. The molecule has 0 fully saturated rings. The molecule has 0 saturated heterocycles. The van der Waals surface area contributed by atoms with Crippen molar-refractivity contribution in [2.24, 2.45) is 0 Å². The summed E-state index contributed by atoms with van der Waals surface area (Å²) >= 11 is 3.72. The van der Waals surface area contributed by atoms with Gasteiger partial charge in [-0.25, -0.2) is 0 Å². The van der Waals surface area contributed by atoms with Gasteiger partial charge in [-0.05, 0) is 146 Å². The molecule has 0 radical (unpaired) electrons. The van der Waals surface area contributed by atoms with Crippen LogP contribution in [0.5, 0.6) is 0 Å². The van der Waals surface area contributed by atoms with Crippen molar-refractivity contribution < 1.29 is 0 Å². The molecular weight excluding hydrogens is 883 g/mol. The van der Waals surface area contributed by atoms with Crippen LogP contribution in [0.15, 0.2) is 261 Å². The van der Waals surface area contributed by atoms with E-state index in [0.717, 1.165) is 17.1 Å². The van der Waals surface area contributed by atoms with E-state index in [1.165, 1.54) is 107 Å². The fraction of sp³-hybridized carbons (Fsp3) is 0.0149. The Balaban J connectivity index is 0.886. The lowest BCUT2D eigenvalue weighted by Gasteiger charge is -2.34. The van der Waals surface area contributed by atoms with Gasteiger partial charge >= 0.3 is 0 Å². The van der Waals surface area contributed by atoms with Crippen molar-refractivity contribution in [3.8, 4) is 44.5 Å². The predicted molar refractivity (Wildman–Crippen MR) is 301 cm³/mol. The average Bonchev–Trinajstić information content (AvgIpc) is 4.10. The van der Waals surface area contributed by atoms with Gasteiger partial charge in [0, 0.05) is 57.4 Å². The van der Waals surface area contributed by atoms with Crippen LogP contribution in [-0.4, -0.2) is 0 Å². The fourth-order valence-electron chi connectivity index (χ4n) is 11.3. The topological polar surface area (TPSA) is 3.24 Å². The van der Waals surface area contributed by atoms with Gasteiger partial charge in [0.25, 0.3) is 0 Å². The minimum absolute atomic E-state index is 0.465. The van der Waals surface area contributed by atoms with Crippen LogP contribution < -0.4 is 4.90 Å². The van der Waals surface area contributed by atoms with Gasteiger partial charge in [-0.15, -0.1) is 22.7 Å². The molecule has 2 heterocycles. The standard InChI is InChI=1S/C67H43NS2/c1-3-16-50(17-4-1)67(51-18-5-2-6-19-51)61-23-10-7-20-55(61)58-43-54(36-37-62(58)67)68(53-34-28-45(29-35-53)48-30-38-65-59(41-48)56-21-8-11-24-63(56)69-65)52-32-26-44(27-33-52)46-14-13-15-47(40-46)49-31-39-66-60(42-49)57-22-9-12-25-64(57)70-66/h1-43H. The third-order valence-electron chi connectivity index (χ3n) is 14.6. The maximum Gasteiger partial charge on any atom is 0.0713 e. The van der Waals surface area contributed by atoms with Crippen LogP contribution in [0.1, 0.15) is 22.3 Å².